The number of hydrogen-bond acceptors (Lipinski definition) is 4. The molecular formula is C15H16ClFN4O2. The van der Waals surface area contributed by atoms with Crippen LogP contribution in [0.2, 0.25) is 5.02 Å². The van der Waals surface area contributed by atoms with E-state index in [0.717, 1.165) is 24.7 Å². The average molecular weight is 339 g/mol. The maximum atomic E-state index is 13.0. The van der Waals surface area contributed by atoms with E-state index in [1.54, 1.807) is 0 Å². The minimum atomic E-state index is -0.477. The Morgan fingerprint density at radius 3 is 3.04 bits per heavy atom. The number of halogens is 2. The molecule has 1 aromatic heterocycles. The fraction of sp³-hybridized carbons (Fsp3) is 0.400. The van der Waals surface area contributed by atoms with Crippen LogP contribution in [0.4, 0.5) is 4.39 Å². The van der Waals surface area contributed by atoms with E-state index in [4.69, 9.17) is 16.3 Å². The molecule has 0 saturated carbocycles. The summed E-state index contributed by atoms with van der Waals surface area (Å²) in [6, 6.07) is 3.68. The van der Waals surface area contributed by atoms with Crippen molar-refractivity contribution in [3.8, 4) is 0 Å². The monoisotopic (exact) mass is 338 g/mol. The van der Waals surface area contributed by atoms with E-state index in [1.807, 2.05) is 6.92 Å². The minimum Gasteiger partial charge on any atom is -0.365 e. The lowest BCUT2D eigenvalue weighted by atomic mass is 10.1. The van der Waals surface area contributed by atoms with Crippen molar-refractivity contribution in [3.63, 3.8) is 0 Å². The number of aromatic nitrogens is 3. The summed E-state index contributed by atoms with van der Waals surface area (Å²) in [5, 5.41) is 9.73. The predicted octanol–water partition coefficient (Wildman–Crippen LogP) is 2.56. The molecule has 1 aliphatic heterocycles. The largest absolute Gasteiger partial charge is 0.365 e. The van der Waals surface area contributed by atoms with Gasteiger partial charge in [0.2, 0.25) is 0 Å². The van der Waals surface area contributed by atoms with Gasteiger partial charge in [0, 0.05) is 6.54 Å². The highest BCUT2D eigenvalue weighted by molar-refractivity contribution is 6.33. The Kier molecular flexibility index (Phi) is 4.58. The van der Waals surface area contributed by atoms with Crippen LogP contribution in [0, 0.1) is 12.7 Å². The second kappa shape index (κ2) is 6.64. The zero-order valence-corrected chi connectivity index (χ0v) is 13.2. The third-order valence-corrected chi connectivity index (χ3v) is 3.99. The summed E-state index contributed by atoms with van der Waals surface area (Å²) in [7, 11) is 0. The number of aromatic amines is 1. The molecule has 0 spiro atoms. The van der Waals surface area contributed by atoms with E-state index in [0.29, 0.717) is 12.4 Å². The Morgan fingerprint density at radius 1 is 1.52 bits per heavy atom. The summed E-state index contributed by atoms with van der Waals surface area (Å²) >= 11 is 5.87. The highest BCUT2D eigenvalue weighted by Gasteiger charge is 2.29. The summed E-state index contributed by atoms with van der Waals surface area (Å²) in [6.45, 7) is 2.18. The van der Waals surface area contributed by atoms with Gasteiger partial charge >= 0.3 is 0 Å². The van der Waals surface area contributed by atoms with Gasteiger partial charge in [-0.05, 0) is 38.0 Å². The van der Waals surface area contributed by atoms with Gasteiger partial charge in [0.25, 0.3) is 5.91 Å². The van der Waals surface area contributed by atoms with Gasteiger partial charge in [-0.3, -0.25) is 9.89 Å². The molecule has 1 aliphatic rings. The first-order valence-electron chi connectivity index (χ1n) is 7.30. The van der Waals surface area contributed by atoms with E-state index in [9.17, 15) is 9.18 Å². The third kappa shape index (κ3) is 3.68. The van der Waals surface area contributed by atoms with Gasteiger partial charge in [0.05, 0.1) is 16.7 Å². The summed E-state index contributed by atoms with van der Waals surface area (Å²) in [4.78, 5) is 16.3. The van der Waals surface area contributed by atoms with Gasteiger partial charge in [-0.15, -0.1) is 0 Å². The topological polar surface area (TPSA) is 79.9 Å². The Balaban J connectivity index is 1.54. The van der Waals surface area contributed by atoms with Crippen LogP contribution in [0.25, 0.3) is 0 Å². The molecule has 3 rings (SSSR count). The predicted molar refractivity (Wildman–Crippen MR) is 81.7 cm³/mol. The second-order valence-corrected chi connectivity index (χ2v) is 5.84. The van der Waals surface area contributed by atoms with Crippen LogP contribution in [0.1, 0.15) is 41.0 Å². The first kappa shape index (κ1) is 15.9. The highest BCUT2D eigenvalue weighted by Crippen LogP contribution is 2.30. The van der Waals surface area contributed by atoms with Crippen molar-refractivity contribution in [1.82, 2.24) is 20.5 Å². The molecule has 1 amide bonds. The summed E-state index contributed by atoms with van der Waals surface area (Å²) < 4.78 is 18.8. The molecule has 23 heavy (non-hydrogen) atoms. The van der Waals surface area contributed by atoms with Gasteiger partial charge in [-0.25, -0.2) is 9.37 Å². The molecular weight excluding hydrogens is 323 g/mol. The fourth-order valence-electron chi connectivity index (χ4n) is 2.53. The Morgan fingerprint density at radius 2 is 2.35 bits per heavy atom. The molecule has 2 atom stereocenters. The summed E-state index contributed by atoms with van der Waals surface area (Å²) in [5.41, 5.74) is 0.243. The number of aryl methyl sites for hydroxylation is 1. The normalized spacial score (nSPS) is 20.7. The van der Waals surface area contributed by atoms with Crippen molar-refractivity contribution in [2.24, 2.45) is 0 Å². The first-order chi connectivity index (χ1) is 11.0. The molecule has 1 saturated heterocycles. The zero-order chi connectivity index (χ0) is 16.4. The van der Waals surface area contributed by atoms with Crippen LogP contribution in [0.5, 0.6) is 0 Å². The lowest BCUT2D eigenvalue weighted by Gasteiger charge is -2.13. The number of ether oxygens (including phenoxy) is 1. The van der Waals surface area contributed by atoms with Crippen molar-refractivity contribution in [2.45, 2.75) is 32.0 Å². The number of carbonyl (C=O) groups excluding carboxylic acids is 1. The van der Waals surface area contributed by atoms with Crippen molar-refractivity contribution >= 4 is 17.5 Å². The van der Waals surface area contributed by atoms with E-state index in [1.165, 1.54) is 12.1 Å². The van der Waals surface area contributed by atoms with E-state index in [2.05, 4.69) is 20.5 Å². The minimum absolute atomic E-state index is 0.0870. The molecule has 122 valence electrons. The molecule has 1 aromatic carbocycles. The molecule has 0 unspecified atom stereocenters. The summed E-state index contributed by atoms with van der Waals surface area (Å²) in [6.07, 6.45) is 1.34. The lowest BCUT2D eigenvalue weighted by Crippen LogP contribution is -2.32. The standard InChI is InChI=1S/C15H16ClFN4O2/c1-8-19-14(21-20-8)13-5-3-10(23-13)7-18-15(22)11-4-2-9(17)6-12(11)16/h2,4,6,10,13H,3,5,7H2,1H3,(H,18,22)(H,19,20,21)/t10-,13+/m1/s1. The maximum absolute atomic E-state index is 13.0. The number of benzene rings is 1. The van der Waals surface area contributed by atoms with Crippen molar-refractivity contribution < 1.29 is 13.9 Å². The number of H-pyrrole nitrogens is 1. The average Bonchev–Trinajstić information content (AvgIpc) is 3.13. The van der Waals surface area contributed by atoms with Crippen LogP contribution in [-0.4, -0.2) is 33.7 Å². The van der Waals surface area contributed by atoms with Crippen LogP contribution in [0.3, 0.4) is 0 Å². The number of nitrogens with zero attached hydrogens (tertiary/aromatic N) is 2. The maximum Gasteiger partial charge on any atom is 0.252 e. The van der Waals surface area contributed by atoms with Gasteiger partial charge in [-0.2, -0.15) is 5.10 Å². The molecule has 0 bridgehead atoms. The quantitative estimate of drug-likeness (QED) is 0.897. The summed E-state index contributed by atoms with van der Waals surface area (Å²) in [5.74, 6) is 0.551. The Labute approximate surface area is 137 Å². The number of rotatable bonds is 4. The van der Waals surface area contributed by atoms with E-state index >= 15 is 0 Å². The zero-order valence-electron chi connectivity index (χ0n) is 12.5. The van der Waals surface area contributed by atoms with Crippen molar-refractivity contribution in [3.05, 3.63) is 46.3 Å². The van der Waals surface area contributed by atoms with Crippen LogP contribution < -0.4 is 5.32 Å². The highest BCUT2D eigenvalue weighted by atomic mass is 35.5. The molecule has 2 heterocycles. The molecule has 2 aromatic rings. The Hall–Kier alpha value is -1.99. The molecule has 2 N–H and O–H groups in total. The third-order valence-electron chi connectivity index (χ3n) is 3.68. The molecule has 0 radical (unpaired) electrons. The Bertz CT molecular complexity index is 721. The van der Waals surface area contributed by atoms with Crippen LogP contribution in [0.15, 0.2) is 18.2 Å². The number of carbonyl (C=O) groups is 1. The fourth-order valence-corrected chi connectivity index (χ4v) is 2.78. The molecule has 1 fully saturated rings. The van der Waals surface area contributed by atoms with Gasteiger partial charge in [0.15, 0.2) is 5.82 Å². The van der Waals surface area contributed by atoms with Gasteiger partial charge in [-0.1, -0.05) is 11.6 Å². The SMILES string of the molecule is Cc1nc([C@@H]2CC[C@H](CNC(=O)c3ccc(F)cc3Cl)O2)n[nH]1. The van der Waals surface area contributed by atoms with Crippen molar-refractivity contribution in [2.75, 3.05) is 6.54 Å². The molecule has 0 aliphatic carbocycles. The van der Waals surface area contributed by atoms with Gasteiger partial charge < -0.3 is 10.1 Å². The van der Waals surface area contributed by atoms with Gasteiger partial charge in [0.1, 0.15) is 17.7 Å². The van der Waals surface area contributed by atoms with E-state index in [-0.39, 0.29) is 28.7 Å². The number of nitrogens with one attached hydrogen (secondary N) is 2. The first-order valence-corrected chi connectivity index (χ1v) is 7.68. The molecule has 8 heteroatoms. The van der Waals surface area contributed by atoms with Crippen LogP contribution in [-0.2, 0) is 4.74 Å². The number of amides is 1. The van der Waals surface area contributed by atoms with E-state index < -0.39 is 5.82 Å². The van der Waals surface area contributed by atoms with Crippen LogP contribution >= 0.6 is 11.6 Å². The lowest BCUT2D eigenvalue weighted by molar-refractivity contribution is 0.0392. The second-order valence-electron chi connectivity index (χ2n) is 5.44. The van der Waals surface area contributed by atoms with Crippen molar-refractivity contribution in [1.29, 1.82) is 0 Å². The smallest absolute Gasteiger partial charge is 0.252 e. The molecule has 6 nitrogen and oxygen atoms in total. The number of hydrogen-bond donors (Lipinski definition) is 2.